The van der Waals surface area contributed by atoms with Crippen LogP contribution in [-0.2, 0) is 6.42 Å². The number of benzene rings is 1. The Morgan fingerprint density at radius 3 is 2.67 bits per heavy atom. The van der Waals surface area contributed by atoms with Crippen molar-refractivity contribution in [3.05, 3.63) is 29.3 Å². The second-order valence-corrected chi connectivity index (χ2v) is 6.11. The average molecular weight is 289 g/mol. The molecule has 0 radical (unpaired) electrons. The van der Waals surface area contributed by atoms with E-state index in [9.17, 15) is 9.90 Å². The number of rotatable bonds is 7. The topological polar surface area (TPSA) is 49.3 Å². The van der Waals surface area contributed by atoms with E-state index in [1.807, 2.05) is 12.1 Å². The molecule has 0 spiro atoms. The molecule has 116 valence electrons. The summed E-state index contributed by atoms with van der Waals surface area (Å²) in [5.41, 5.74) is 2.51. The minimum atomic E-state index is -0.814. The number of carbonyl (C=O) groups is 1. The van der Waals surface area contributed by atoms with Gasteiger partial charge >= 0.3 is 5.97 Å². The standard InChI is InChI=1S/C18H27NO2/c1-2-3-5-8-14-13-16(11-12-17(14)18(20)21)19-15-9-6-4-7-10-15/h11-13,15,19H,2-10H2,1H3,(H,20,21). The number of hydrogen-bond donors (Lipinski definition) is 2. The number of aromatic carboxylic acids is 1. The van der Waals surface area contributed by atoms with Crippen molar-refractivity contribution in [2.45, 2.75) is 70.8 Å². The molecule has 1 fully saturated rings. The Labute approximate surface area is 127 Å². The van der Waals surface area contributed by atoms with E-state index < -0.39 is 5.97 Å². The van der Waals surface area contributed by atoms with Crippen LogP contribution in [0.15, 0.2) is 18.2 Å². The zero-order valence-corrected chi connectivity index (χ0v) is 13.0. The highest BCUT2D eigenvalue weighted by Crippen LogP contribution is 2.24. The quantitative estimate of drug-likeness (QED) is 0.705. The van der Waals surface area contributed by atoms with Crippen molar-refractivity contribution >= 4 is 11.7 Å². The molecule has 1 aromatic rings. The highest BCUT2D eigenvalue weighted by atomic mass is 16.4. The monoisotopic (exact) mass is 289 g/mol. The molecule has 2 rings (SSSR count). The van der Waals surface area contributed by atoms with Gasteiger partial charge in [-0.25, -0.2) is 4.79 Å². The van der Waals surface area contributed by atoms with Crippen LogP contribution in [0.1, 0.15) is 74.2 Å². The van der Waals surface area contributed by atoms with Crippen molar-refractivity contribution in [3.63, 3.8) is 0 Å². The summed E-state index contributed by atoms with van der Waals surface area (Å²) in [6, 6.07) is 6.28. The van der Waals surface area contributed by atoms with E-state index in [2.05, 4.69) is 12.2 Å². The lowest BCUT2D eigenvalue weighted by Crippen LogP contribution is -2.22. The molecule has 21 heavy (non-hydrogen) atoms. The molecule has 3 heteroatoms. The lowest BCUT2D eigenvalue weighted by Gasteiger charge is -2.24. The molecule has 3 nitrogen and oxygen atoms in total. The van der Waals surface area contributed by atoms with Gasteiger partial charge < -0.3 is 10.4 Å². The second kappa shape index (κ2) is 8.06. The van der Waals surface area contributed by atoms with E-state index in [1.165, 1.54) is 32.1 Å². The fraction of sp³-hybridized carbons (Fsp3) is 0.611. The van der Waals surface area contributed by atoms with Crippen LogP contribution in [0, 0.1) is 0 Å². The minimum Gasteiger partial charge on any atom is -0.478 e. The van der Waals surface area contributed by atoms with Crippen molar-refractivity contribution in [2.24, 2.45) is 0 Å². The Bertz CT molecular complexity index is 464. The highest BCUT2D eigenvalue weighted by molar-refractivity contribution is 5.90. The number of carboxylic acids is 1. The Hall–Kier alpha value is -1.51. The molecular weight excluding hydrogens is 262 g/mol. The molecule has 0 saturated heterocycles. The van der Waals surface area contributed by atoms with Gasteiger partial charge in [-0.15, -0.1) is 0 Å². The average Bonchev–Trinajstić information content (AvgIpc) is 2.48. The summed E-state index contributed by atoms with van der Waals surface area (Å²) in [4.78, 5) is 11.3. The van der Waals surface area contributed by atoms with Crippen molar-refractivity contribution in [3.8, 4) is 0 Å². The van der Waals surface area contributed by atoms with Gasteiger partial charge in [-0.05, 0) is 49.4 Å². The molecular formula is C18H27NO2. The van der Waals surface area contributed by atoms with Gasteiger partial charge in [0.1, 0.15) is 0 Å². The Morgan fingerprint density at radius 1 is 1.24 bits per heavy atom. The third-order valence-electron chi connectivity index (χ3n) is 4.36. The SMILES string of the molecule is CCCCCc1cc(NC2CCCCC2)ccc1C(=O)O. The molecule has 1 aromatic carbocycles. The summed E-state index contributed by atoms with van der Waals surface area (Å²) in [5, 5.41) is 12.9. The molecule has 0 aromatic heterocycles. The smallest absolute Gasteiger partial charge is 0.335 e. The van der Waals surface area contributed by atoms with Crippen LogP contribution in [0.5, 0.6) is 0 Å². The van der Waals surface area contributed by atoms with Crippen molar-refractivity contribution < 1.29 is 9.90 Å². The van der Waals surface area contributed by atoms with Crippen LogP contribution in [0.25, 0.3) is 0 Å². The third kappa shape index (κ3) is 4.76. The number of unbranched alkanes of at least 4 members (excludes halogenated alkanes) is 2. The number of anilines is 1. The zero-order valence-electron chi connectivity index (χ0n) is 13.0. The van der Waals surface area contributed by atoms with E-state index >= 15 is 0 Å². The molecule has 2 N–H and O–H groups in total. The van der Waals surface area contributed by atoms with E-state index in [0.717, 1.165) is 36.9 Å². The number of hydrogen-bond acceptors (Lipinski definition) is 2. The molecule has 0 bridgehead atoms. The largest absolute Gasteiger partial charge is 0.478 e. The van der Waals surface area contributed by atoms with Crippen LogP contribution in [0.2, 0.25) is 0 Å². The zero-order chi connectivity index (χ0) is 15.1. The van der Waals surface area contributed by atoms with Crippen LogP contribution in [0.4, 0.5) is 5.69 Å². The summed E-state index contributed by atoms with van der Waals surface area (Å²) in [7, 11) is 0. The molecule has 0 aliphatic heterocycles. The molecule has 1 aliphatic carbocycles. The molecule has 0 unspecified atom stereocenters. The van der Waals surface area contributed by atoms with Gasteiger partial charge in [-0.3, -0.25) is 0 Å². The third-order valence-corrected chi connectivity index (χ3v) is 4.36. The summed E-state index contributed by atoms with van der Waals surface area (Å²) < 4.78 is 0. The Morgan fingerprint density at radius 2 is 2.00 bits per heavy atom. The maximum absolute atomic E-state index is 11.3. The predicted octanol–water partition coefficient (Wildman–Crippen LogP) is 4.86. The summed E-state index contributed by atoms with van der Waals surface area (Å²) in [6.45, 7) is 2.17. The fourth-order valence-electron chi connectivity index (χ4n) is 3.15. The lowest BCUT2D eigenvalue weighted by molar-refractivity contribution is 0.0695. The van der Waals surface area contributed by atoms with E-state index in [-0.39, 0.29) is 0 Å². The maximum Gasteiger partial charge on any atom is 0.335 e. The summed E-state index contributed by atoms with van der Waals surface area (Å²) >= 11 is 0. The van der Waals surface area contributed by atoms with Gasteiger partial charge in [-0.2, -0.15) is 0 Å². The van der Waals surface area contributed by atoms with Crippen molar-refractivity contribution in [2.75, 3.05) is 5.32 Å². The predicted molar refractivity (Wildman–Crippen MR) is 87.1 cm³/mol. The summed E-state index contributed by atoms with van der Waals surface area (Å²) in [6.07, 6.45) is 10.6. The van der Waals surface area contributed by atoms with Crippen LogP contribution in [-0.4, -0.2) is 17.1 Å². The number of carboxylic acid groups (broad SMARTS) is 1. The molecule has 0 atom stereocenters. The number of nitrogens with one attached hydrogen (secondary N) is 1. The summed E-state index contributed by atoms with van der Waals surface area (Å²) in [5.74, 6) is -0.814. The Balaban J connectivity index is 2.07. The van der Waals surface area contributed by atoms with Gasteiger partial charge in [0.25, 0.3) is 0 Å². The minimum absolute atomic E-state index is 0.459. The first kappa shape index (κ1) is 15.9. The van der Waals surface area contributed by atoms with Gasteiger partial charge in [0.15, 0.2) is 0 Å². The Kier molecular flexibility index (Phi) is 6.09. The molecule has 0 amide bonds. The van der Waals surface area contributed by atoms with Crippen LogP contribution < -0.4 is 5.32 Å². The second-order valence-electron chi connectivity index (χ2n) is 6.11. The number of aryl methyl sites for hydroxylation is 1. The van der Waals surface area contributed by atoms with Gasteiger partial charge in [0.2, 0.25) is 0 Å². The van der Waals surface area contributed by atoms with E-state index in [4.69, 9.17) is 0 Å². The first-order valence-corrected chi connectivity index (χ1v) is 8.33. The highest BCUT2D eigenvalue weighted by Gasteiger charge is 2.15. The first-order valence-electron chi connectivity index (χ1n) is 8.33. The van der Waals surface area contributed by atoms with E-state index in [1.54, 1.807) is 6.07 Å². The van der Waals surface area contributed by atoms with Gasteiger partial charge in [0, 0.05) is 11.7 Å². The van der Waals surface area contributed by atoms with E-state index in [0.29, 0.717) is 11.6 Å². The molecule has 0 heterocycles. The molecule has 1 aliphatic rings. The lowest BCUT2D eigenvalue weighted by atomic mass is 9.94. The normalized spacial score (nSPS) is 15.9. The fourth-order valence-corrected chi connectivity index (χ4v) is 3.15. The van der Waals surface area contributed by atoms with Crippen LogP contribution >= 0.6 is 0 Å². The van der Waals surface area contributed by atoms with Gasteiger partial charge in [-0.1, -0.05) is 39.0 Å². The van der Waals surface area contributed by atoms with Crippen molar-refractivity contribution in [1.82, 2.24) is 0 Å². The van der Waals surface area contributed by atoms with Crippen molar-refractivity contribution in [1.29, 1.82) is 0 Å². The van der Waals surface area contributed by atoms with Gasteiger partial charge in [0.05, 0.1) is 5.56 Å². The molecule has 1 saturated carbocycles. The van der Waals surface area contributed by atoms with Crippen LogP contribution in [0.3, 0.4) is 0 Å². The first-order chi connectivity index (χ1) is 10.2. The maximum atomic E-state index is 11.3.